The van der Waals surface area contributed by atoms with Gasteiger partial charge in [0.15, 0.2) is 9.84 Å². The van der Waals surface area contributed by atoms with Crippen LogP contribution in [0.5, 0.6) is 0 Å². The Balaban J connectivity index is 2.59. The molecular formula is C17H26O3S. The number of ketones is 1. The fourth-order valence-corrected chi connectivity index (χ4v) is 3.63. The Hall–Kier alpha value is -1.16. The highest BCUT2D eigenvalue weighted by molar-refractivity contribution is 7.92. The molecule has 0 heterocycles. The van der Waals surface area contributed by atoms with Crippen LogP contribution in [0.2, 0.25) is 0 Å². The van der Waals surface area contributed by atoms with E-state index < -0.39 is 15.1 Å². The van der Waals surface area contributed by atoms with Crippen molar-refractivity contribution in [2.45, 2.75) is 69.4 Å². The van der Waals surface area contributed by atoms with Crippen LogP contribution in [-0.4, -0.2) is 19.5 Å². The number of carbonyl (C=O) groups excluding carboxylic acids is 1. The lowest BCUT2D eigenvalue weighted by Crippen LogP contribution is -2.21. The third-order valence-corrected chi connectivity index (χ3v) is 5.86. The van der Waals surface area contributed by atoms with Crippen molar-refractivity contribution in [3.05, 3.63) is 29.8 Å². The van der Waals surface area contributed by atoms with Crippen LogP contribution in [-0.2, 0) is 14.6 Å². The highest BCUT2D eigenvalue weighted by Crippen LogP contribution is 2.20. The molecule has 21 heavy (non-hydrogen) atoms. The van der Waals surface area contributed by atoms with Gasteiger partial charge in [-0.1, -0.05) is 43.9 Å². The fourth-order valence-electron chi connectivity index (χ4n) is 2.24. The molecule has 1 aromatic rings. The summed E-state index contributed by atoms with van der Waals surface area (Å²) in [6.45, 7) is 5.66. The van der Waals surface area contributed by atoms with Gasteiger partial charge in [-0.05, 0) is 32.4 Å². The number of Topliss-reactive ketones (excluding diaryl/α,β-unsaturated/α-hetero) is 1. The monoisotopic (exact) mass is 310 g/mol. The molecule has 1 aromatic carbocycles. The maximum absolute atomic E-state index is 12.4. The Labute approximate surface area is 128 Å². The number of sulfone groups is 1. The van der Waals surface area contributed by atoms with Crippen LogP contribution < -0.4 is 0 Å². The summed E-state index contributed by atoms with van der Waals surface area (Å²) in [6, 6.07) is 6.80. The smallest absolute Gasteiger partial charge is 0.181 e. The molecule has 1 rings (SSSR count). The van der Waals surface area contributed by atoms with Crippen LogP contribution in [0.1, 0.15) is 57.9 Å². The molecule has 1 atom stereocenters. The number of benzene rings is 1. The standard InChI is InChI=1S/C17H26O3S/c1-4-5-6-7-8-16(18)13-15(3)21(19,20)17-11-9-14(2)10-12-17/h9-12,15H,4-8,13H2,1-3H3. The molecule has 0 aliphatic heterocycles. The minimum Gasteiger partial charge on any atom is -0.300 e. The Kier molecular flexibility index (Phi) is 7.09. The zero-order valence-corrected chi connectivity index (χ0v) is 14.1. The first-order valence-electron chi connectivity index (χ1n) is 7.70. The van der Waals surface area contributed by atoms with Gasteiger partial charge in [0.1, 0.15) is 5.78 Å². The summed E-state index contributed by atoms with van der Waals surface area (Å²) in [5, 5.41) is -0.654. The first kappa shape index (κ1) is 17.9. The van der Waals surface area contributed by atoms with Gasteiger partial charge in [-0.15, -0.1) is 0 Å². The van der Waals surface area contributed by atoms with Gasteiger partial charge in [-0.3, -0.25) is 4.79 Å². The maximum Gasteiger partial charge on any atom is 0.181 e. The Morgan fingerprint density at radius 1 is 1.10 bits per heavy atom. The van der Waals surface area contributed by atoms with Gasteiger partial charge in [-0.2, -0.15) is 0 Å². The van der Waals surface area contributed by atoms with Gasteiger partial charge in [0.05, 0.1) is 10.1 Å². The lowest BCUT2D eigenvalue weighted by Gasteiger charge is -2.12. The third kappa shape index (κ3) is 5.62. The van der Waals surface area contributed by atoms with E-state index in [-0.39, 0.29) is 12.2 Å². The van der Waals surface area contributed by atoms with Crippen LogP contribution >= 0.6 is 0 Å². The number of aryl methyl sites for hydroxylation is 1. The normalized spacial score (nSPS) is 13.1. The van der Waals surface area contributed by atoms with E-state index in [1.165, 1.54) is 0 Å². The molecular weight excluding hydrogens is 284 g/mol. The molecule has 0 saturated carbocycles. The summed E-state index contributed by atoms with van der Waals surface area (Å²) in [5.41, 5.74) is 1.02. The fraction of sp³-hybridized carbons (Fsp3) is 0.588. The molecule has 0 radical (unpaired) electrons. The number of hydrogen-bond acceptors (Lipinski definition) is 3. The van der Waals surface area contributed by atoms with Crippen LogP contribution in [0.25, 0.3) is 0 Å². The van der Waals surface area contributed by atoms with E-state index in [1.54, 1.807) is 31.2 Å². The average Bonchev–Trinajstić information content (AvgIpc) is 2.44. The second-order valence-electron chi connectivity index (χ2n) is 5.72. The first-order valence-corrected chi connectivity index (χ1v) is 9.24. The van der Waals surface area contributed by atoms with Crippen molar-refractivity contribution in [2.24, 2.45) is 0 Å². The van der Waals surface area contributed by atoms with E-state index in [2.05, 4.69) is 6.92 Å². The van der Waals surface area contributed by atoms with E-state index >= 15 is 0 Å². The average molecular weight is 310 g/mol. The van der Waals surface area contributed by atoms with Crippen molar-refractivity contribution < 1.29 is 13.2 Å². The molecule has 0 bridgehead atoms. The Morgan fingerprint density at radius 2 is 1.71 bits per heavy atom. The van der Waals surface area contributed by atoms with E-state index in [4.69, 9.17) is 0 Å². The van der Waals surface area contributed by atoms with Crippen molar-refractivity contribution in [3.63, 3.8) is 0 Å². The molecule has 0 fully saturated rings. The third-order valence-electron chi connectivity index (χ3n) is 3.70. The second kappa shape index (κ2) is 8.32. The molecule has 0 aliphatic rings. The van der Waals surface area contributed by atoms with Gasteiger partial charge < -0.3 is 0 Å². The first-order chi connectivity index (χ1) is 9.87. The number of unbranched alkanes of at least 4 members (excludes halogenated alkanes) is 3. The minimum atomic E-state index is -3.41. The summed E-state index contributed by atoms with van der Waals surface area (Å²) in [4.78, 5) is 12.2. The van der Waals surface area contributed by atoms with E-state index in [1.807, 2.05) is 6.92 Å². The zero-order valence-electron chi connectivity index (χ0n) is 13.3. The Bertz CT molecular complexity index is 544. The summed E-state index contributed by atoms with van der Waals surface area (Å²) < 4.78 is 24.8. The van der Waals surface area contributed by atoms with Crippen LogP contribution in [0.3, 0.4) is 0 Å². The molecule has 1 unspecified atom stereocenters. The van der Waals surface area contributed by atoms with Gasteiger partial charge in [0.25, 0.3) is 0 Å². The summed E-state index contributed by atoms with van der Waals surface area (Å²) in [7, 11) is -3.41. The lowest BCUT2D eigenvalue weighted by atomic mass is 10.1. The van der Waals surface area contributed by atoms with Crippen molar-refractivity contribution in [2.75, 3.05) is 0 Å². The molecule has 0 aliphatic carbocycles. The molecule has 0 N–H and O–H groups in total. The second-order valence-corrected chi connectivity index (χ2v) is 8.09. The molecule has 118 valence electrons. The predicted molar refractivity (Wildman–Crippen MR) is 86.2 cm³/mol. The molecule has 0 spiro atoms. The van der Waals surface area contributed by atoms with Gasteiger partial charge in [0.2, 0.25) is 0 Å². The SMILES string of the molecule is CCCCCCC(=O)CC(C)S(=O)(=O)c1ccc(C)cc1. The van der Waals surface area contributed by atoms with Crippen molar-refractivity contribution in [1.29, 1.82) is 0 Å². The van der Waals surface area contributed by atoms with E-state index in [0.29, 0.717) is 11.3 Å². The van der Waals surface area contributed by atoms with Crippen LogP contribution in [0, 0.1) is 6.92 Å². The molecule has 0 saturated heterocycles. The molecule has 4 heteroatoms. The highest BCUT2D eigenvalue weighted by Gasteiger charge is 2.25. The minimum absolute atomic E-state index is 0.0503. The number of hydrogen-bond donors (Lipinski definition) is 0. The maximum atomic E-state index is 12.4. The molecule has 0 amide bonds. The van der Waals surface area contributed by atoms with Gasteiger partial charge >= 0.3 is 0 Å². The number of carbonyl (C=O) groups is 1. The van der Waals surface area contributed by atoms with Crippen molar-refractivity contribution in [3.8, 4) is 0 Å². The predicted octanol–water partition coefficient (Wildman–Crippen LogP) is 4.09. The van der Waals surface area contributed by atoms with Gasteiger partial charge in [0, 0.05) is 12.8 Å². The van der Waals surface area contributed by atoms with Crippen LogP contribution in [0.4, 0.5) is 0 Å². The summed E-state index contributed by atoms with van der Waals surface area (Å²) >= 11 is 0. The summed E-state index contributed by atoms with van der Waals surface area (Å²) in [6.07, 6.45) is 4.78. The summed E-state index contributed by atoms with van der Waals surface area (Å²) in [5.74, 6) is 0.0503. The zero-order chi connectivity index (χ0) is 15.9. The van der Waals surface area contributed by atoms with Crippen LogP contribution in [0.15, 0.2) is 29.2 Å². The largest absolute Gasteiger partial charge is 0.300 e. The number of rotatable bonds is 9. The lowest BCUT2D eigenvalue weighted by molar-refractivity contribution is -0.119. The quantitative estimate of drug-likeness (QED) is 0.646. The Morgan fingerprint density at radius 3 is 2.29 bits per heavy atom. The highest BCUT2D eigenvalue weighted by atomic mass is 32.2. The molecule has 3 nitrogen and oxygen atoms in total. The van der Waals surface area contributed by atoms with E-state index in [9.17, 15) is 13.2 Å². The van der Waals surface area contributed by atoms with Crippen molar-refractivity contribution in [1.82, 2.24) is 0 Å². The van der Waals surface area contributed by atoms with Crippen molar-refractivity contribution >= 4 is 15.6 Å². The molecule has 0 aromatic heterocycles. The van der Waals surface area contributed by atoms with E-state index in [0.717, 1.165) is 31.2 Å². The van der Waals surface area contributed by atoms with Gasteiger partial charge in [-0.25, -0.2) is 8.42 Å². The topological polar surface area (TPSA) is 51.2 Å².